The Labute approximate surface area is 92.1 Å². The molecule has 1 aromatic carbocycles. The number of benzene rings is 1. The lowest BCUT2D eigenvalue weighted by molar-refractivity contribution is -0.138. The summed E-state index contributed by atoms with van der Waals surface area (Å²) in [4.78, 5) is 32.0. The minimum Gasteiger partial charge on any atom is -0.481 e. The van der Waals surface area contributed by atoms with Crippen LogP contribution in [0.2, 0.25) is 0 Å². The van der Waals surface area contributed by atoms with E-state index in [4.69, 9.17) is 5.11 Å². The average Bonchev–Trinajstić information content (AvgIpc) is 2.26. The van der Waals surface area contributed by atoms with E-state index in [1.807, 2.05) is 0 Å². The van der Waals surface area contributed by atoms with E-state index < -0.39 is 5.97 Å². The van der Waals surface area contributed by atoms with Gasteiger partial charge in [-0.25, -0.2) is 0 Å². The fraction of sp³-hybridized carbons (Fsp3) is 0.182. The molecule has 0 saturated heterocycles. The predicted molar refractivity (Wildman–Crippen MR) is 57.3 cm³/mol. The van der Waals surface area contributed by atoms with E-state index in [1.54, 1.807) is 18.2 Å². The van der Waals surface area contributed by atoms with Crippen molar-refractivity contribution in [2.24, 2.45) is 0 Å². The van der Waals surface area contributed by atoms with E-state index >= 15 is 0 Å². The van der Waals surface area contributed by atoms with Gasteiger partial charge in [-0.1, -0.05) is 12.1 Å². The molecule has 0 heterocycles. The number of carboxylic acids is 1. The minimum absolute atomic E-state index is 0.0827. The first-order valence-corrected chi connectivity index (χ1v) is 4.68. The lowest BCUT2D eigenvalue weighted by atomic mass is 10.2. The number of hydrogen-bond donors (Lipinski definition) is 2. The summed E-state index contributed by atoms with van der Waals surface area (Å²) >= 11 is 0. The molecule has 0 saturated carbocycles. The highest BCUT2D eigenvalue weighted by atomic mass is 16.4. The predicted octanol–water partition coefficient (Wildman–Crippen LogP) is 1.30. The van der Waals surface area contributed by atoms with Crippen LogP contribution in [-0.4, -0.2) is 23.3 Å². The van der Waals surface area contributed by atoms with Crippen LogP contribution in [0.1, 0.15) is 23.2 Å². The van der Waals surface area contributed by atoms with Gasteiger partial charge < -0.3 is 10.4 Å². The Morgan fingerprint density at radius 1 is 1.31 bits per heavy atom. The second kappa shape index (κ2) is 5.65. The highest BCUT2D eigenvalue weighted by molar-refractivity contribution is 5.93. The summed E-state index contributed by atoms with van der Waals surface area (Å²) < 4.78 is 0. The van der Waals surface area contributed by atoms with Crippen molar-refractivity contribution in [1.82, 2.24) is 0 Å². The maximum Gasteiger partial charge on any atom is 0.303 e. The van der Waals surface area contributed by atoms with Gasteiger partial charge in [-0.2, -0.15) is 0 Å². The molecule has 0 unspecified atom stereocenters. The molecule has 0 atom stereocenters. The number of carboxylic acid groups (broad SMARTS) is 1. The van der Waals surface area contributed by atoms with Gasteiger partial charge in [-0.3, -0.25) is 14.4 Å². The zero-order valence-corrected chi connectivity index (χ0v) is 8.47. The van der Waals surface area contributed by atoms with Crippen molar-refractivity contribution in [3.05, 3.63) is 29.8 Å². The normalized spacial score (nSPS) is 9.50. The third kappa shape index (κ3) is 3.91. The summed E-state index contributed by atoms with van der Waals surface area (Å²) in [6.07, 6.45) is 0.382. The molecular formula is C11H11NO4. The van der Waals surface area contributed by atoms with E-state index in [-0.39, 0.29) is 18.7 Å². The highest BCUT2D eigenvalue weighted by Gasteiger charge is 2.05. The Bertz CT molecular complexity index is 414. The summed E-state index contributed by atoms with van der Waals surface area (Å²) in [7, 11) is 0. The molecule has 0 aliphatic rings. The molecule has 0 aliphatic heterocycles. The van der Waals surface area contributed by atoms with Crippen molar-refractivity contribution >= 4 is 23.9 Å². The summed E-state index contributed by atoms with van der Waals surface area (Å²) in [6.45, 7) is 0. The van der Waals surface area contributed by atoms with Gasteiger partial charge in [0.15, 0.2) is 0 Å². The van der Waals surface area contributed by atoms with Gasteiger partial charge >= 0.3 is 5.97 Å². The first kappa shape index (κ1) is 11.9. The monoisotopic (exact) mass is 221 g/mol. The molecule has 0 bridgehead atoms. The van der Waals surface area contributed by atoms with Crippen LogP contribution in [-0.2, 0) is 9.59 Å². The molecule has 16 heavy (non-hydrogen) atoms. The van der Waals surface area contributed by atoms with E-state index in [1.165, 1.54) is 6.07 Å². The minimum atomic E-state index is -1.02. The Hall–Kier alpha value is -2.17. The van der Waals surface area contributed by atoms with Crippen LogP contribution in [0.15, 0.2) is 24.3 Å². The lowest BCUT2D eigenvalue weighted by Gasteiger charge is -2.04. The van der Waals surface area contributed by atoms with Crippen molar-refractivity contribution in [3.8, 4) is 0 Å². The number of carbonyl (C=O) groups is 3. The first-order valence-electron chi connectivity index (χ1n) is 4.68. The van der Waals surface area contributed by atoms with Crippen LogP contribution in [0.5, 0.6) is 0 Å². The molecule has 0 aromatic heterocycles. The Balaban J connectivity index is 2.55. The average molecular weight is 221 g/mol. The van der Waals surface area contributed by atoms with Crippen LogP contribution in [0.3, 0.4) is 0 Å². The third-order valence-corrected chi connectivity index (χ3v) is 1.87. The molecule has 2 N–H and O–H groups in total. The smallest absolute Gasteiger partial charge is 0.303 e. The van der Waals surface area contributed by atoms with Gasteiger partial charge in [0.05, 0.1) is 6.42 Å². The van der Waals surface area contributed by atoms with Crippen LogP contribution in [0.25, 0.3) is 0 Å². The van der Waals surface area contributed by atoms with Gasteiger partial charge in [-0.15, -0.1) is 0 Å². The number of nitrogens with one attached hydrogen (secondary N) is 1. The quantitative estimate of drug-likeness (QED) is 0.734. The second-order valence-corrected chi connectivity index (χ2v) is 3.19. The van der Waals surface area contributed by atoms with Crippen LogP contribution < -0.4 is 5.32 Å². The van der Waals surface area contributed by atoms with E-state index in [0.29, 0.717) is 17.5 Å². The van der Waals surface area contributed by atoms with Gasteiger partial charge in [0.25, 0.3) is 0 Å². The molecular weight excluding hydrogens is 210 g/mol. The van der Waals surface area contributed by atoms with Crippen molar-refractivity contribution in [2.75, 3.05) is 5.32 Å². The maximum absolute atomic E-state index is 11.3. The topological polar surface area (TPSA) is 83.5 Å². The summed E-state index contributed by atoms with van der Waals surface area (Å²) in [6, 6.07) is 6.40. The van der Waals surface area contributed by atoms with Gasteiger partial charge in [0, 0.05) is 17.7 Å². The number of carbonyl (C=O) groups excluding carboxylic acids is 2. The summed E-state index contributed by atoms with van der Waals surface area (Å²) in [5.41, 5.74) is 0.941. The van der Waals surface area contributed by atoms with Crippen molar-refractivity contribution in [1.29, 1.82) is 0 Å². The zero-order chi connectivity index (χ0) is 12.0. The van der Waals surface area contributed by atoms with Crippen molar-refractivity contribution < 1.29 is 19.5 Å². The Morgan fingerprint density at radius 3 is 2.69 bits per heavy atom. The number of anilines is 1. The SMILES string of the molecule is O=Cc1cccc(NC(=O)CCC(=O)O)c1. The molecule has 1 aromatic rings. The summed E-state index contributed by atoms with van der Waals surface area (Å²) in [5.74, 6) is -1.40. The van der Waals surface area contributed by atoms with E-state index in [2.05, 4.69) is 5.32 Å². The molecule has 84 valence electrons. The highest BCUT2D eigenvalue weighted by Crippen LogP contribution is 2.09. The maximum atomic E-state index is 11.3. The third-order valence-electron chi connectivity index (χ3n) is 1.87. The number of rotatable bonds is 5. The fourth-order valence-corrected chi connectivity index (χ4v) is 1.13. The van der Waals surface area contributed by atoms with Crippen molar-refractivity contribution in [2.45, 2.75) is 12.8 Å². The number of hydrogen-bond acceptors (Lipinski definition) is 3. The Morgan fingerprint density at radius 2 is 2.06 bits per heavy atom. The van der Waals surface area contributed by atoms with Crippen LogP contribution >= 0.6 is 0 Å². The molecule has 1 amide bonds. The molecule has 1 rings (SSSR count). The molecule has 0 fully saturated rings. The number of aldehydes is 1. The fourth-order valence-electron chi connectivity index (χ4n) is 1.13. The van der Waals surface area contributed by atoms with E-state index in [0.717, 1.165) is 0 Å². The molecule has 0 spiro atoms. The number of amides is 1. The molecule has 5 heteroatoms. The largest absolute Gasteiger partial charge is 0.481 e. The van der Waals surface area contributed by atoms with Crippen molar-refractivity contribution in [3.63, 3.8) is 0 Å². The van der Waals surface area contributed by atoms with Gasteiger partial charge in [0.2, 0.25) is 5.91 Å². The number of aliphatic carboxylic acids is 1. The summed E-state index contributed by atoms with van der Waals surface area (Å²) in [5, 5.41) is 10.9. The van der Waals surface area contributed by atoms with Crippen LogP contribution in [0, 0.1) is 0 Å². The molecule has 5 nitrogen and oxygen atoms in total. The lowest BCUT2D eigenvalue weighted by Crippen LogP contribution is -2.13. The first-order chi connectivity index (χ1) is 7.61. The second-order valence-electron chi connectivity index (χ2n) is 3.19. The standard InChI is InChI=1S/C11H11NO4/c13-7-8-2-1-3-9(6-8)12-10(14)4-5-11(15)16/h1-3,6-7H,4-5H2,(H,12,14)(H,15,16). The van der Waals surface area contributed by atoms with E-state index in [9.17, 15) is 14.4 Å². The van der Waals surface area contributed by atoms with Gasteiger partial charge in [-0.05, 0) is 12.1 Å². The Kier molecular flexibility index (Phi) is 4.20. The molecule has 0 aliphatic carbocycles. The van der Waals surface area contributed by atoms with Crippen LogP contribution in [0.4, 0.5) is 5.69 Å². The van der Waals surface area contributed by atoms with Gasteiger partial charge in [0.1, 0.15) is 6.29 Å². The molecule has 0 radical (unpaired) electrons. The zero-order valence-electron chi connectivity index (χ0n) is 8.47.